The molecule has 0 unspecified atom stereocenters. The maximum atomic E-state index is 5.30. The van der Waals surface area contributed by atoms with Gasteiger partial charge in [0.15, 0.2) is 0 Å². The lowest BCUT2D eigenvalue weighted by atomic mass is 10.1. The first-order chi connectivity index (χ1) is 4.36. The van der Waals surface area contributed by atoms with E-state index in [-0.39, 0.29) is 0 Å². The van der Waals surface area contributed by atoms with Crippen molar-refractivity contribution < 1.29 is 9.47 Å². The molecule has 0 amide bonds. The summed E-state index contributed by atoms with van der Waals surface area (Å²) in [7, 11) is 0. The highest BCUT2D eigenvalue weighted by Crippen LogP contribution is 2.48. The zero-order valence-electron chi connectivity index (χ0n) is 4.58. The Morgan fingerprint density at radius 3 is 3.11 bits per heavy atom. The zero-order chi connectivity index (χ0) is 6.01. The molecule has 0 radical (unpaired) electrons. The highest BCUT2D eigenvalue weighted by atomic mass is 79.9. The summed E-state index contributed by atoms with van der Waals surface area (Å²) >= 11 is 3.42. The van der Waals surface area contributed by atoms with Gasteiger partial charge in [-0.3, -0.25) is 0 Å². The van der Waals surface area contributed by atoms with Crippen LogP contribution < -0.4 is 0 Å². The maximum absolute atomic E-state index is 5.30. The molecule has 2 nitrogen and oxygen atoms in total. The first-order valence-electron chi connectivity index (χ1n) is 3.04. The summed E-state index contributed by atoms with van der Waals surface area (Å²) in [4.78, 5) is 0. The molecule has 0 N–H and O–H groups in total. The van der Waals surface area contributed by atoms with Gasteiger partial charge in [0.1, 0.15) is 24.4 Å². The average Bonchev–Trinajstić information content (AvgIpc) is 2.54. The summed E-state index contributed by atoms with van der Waals surface area (Å²) in [5.74, 6) is 0. The van der Waals surface area contributed by atoms with Crippen LogP contribution >= 0.6 is 15.9 Å². The smallest absolute Gasteiger partial charge is 0.118 e. The van der Waals surface area contributed by atoms with E-state index in [1.54, 1.807) is 0 Å². The van der Waals surface area contributed by atoms with Crippen molar-refractivity contribution >= 4 is 15.9 Å². The van der Waals surface area contributed by atoms with Crippen LogP contribution in [0.5, 0.6) is 0 Å². The number of ether oxygens (including phenoxy) is 2. The van der Waals surface area contributed by atoms with E-state index in [1.165, 1.54) is 4.48 Å². The van der Waals surface area contributed by atoms with Crippen LogP contribution in [0.2, 0.25) is 0 Å². The second-order valence-electron chi connectivity index (χ2n) is 2.64. The molecule has 2 fully saturated rings. The molecule has 4 atom stereocenters. The molecule has 0 aromatic carbocycles. The van der Waals surface area contributed by atoms with Crippen LogP contribution in [0.25, 0.3) is 0 Å². The van der Waals surface area contributed by atoms with Crippen LogP contribution in [0, 0.1) is 0 Å². The number of fused-ring (bicyclic) bond motifs is 3. The van der Waals surface area contributed by atoms with Gasteiger partial charge in [-0.25, -0.2) is 0 Å². The van der Waals surface area contributed by atoms with E-state index in [0.717, 1.165) is 0 Å². The van der Waals surface area contributed by atoms with Crippen LogP contribution in [0.1, 0.15) is 0 Å². The third-order valence-electron chi connectivity index (χ3n) is 2.01. The Labute approximate surface area is 61.0 Å². The van der Waals surface area contributed by atoms with E-state index in [2.05, 4.69) is 22.0 Å². The largest absolute Gasteiger partial charge is 0.362 e. The molecule has 48 valence electrons. The van der Waals surface area contributed by atoms with Gasteiger partial charge >= 0.3 is 0 Å². The molecule has 0 aromatic heterocycles. The predicted molar refractivity (Wildman–Crippen MR) is 34.3 cm³/mol. The van der Waals surface area contributed by atoms with Gasteiger partial charge in [-0.2, -0.15) is 0 Å². The summed E-state index contributed by atoms with van der Waals surface area (Å²) in [5, 5.41) is 0. The predicted octanol–water partition coefficient (Wildman–Crippen LogP) is 0.814. The molecule has 3 aliphatic rings. The fraction of sp³-hybridized carbons (Fsp3) is 0.667. The Morgan fingerprint density at radius 1 is 1.33 bits per heavy atom. The van der Waals surface area contributed by atoms with E-state index in [0.29, 0.717) is 24.4 Å². The second kappa shape index (κ2) is 1.26. The zero-order valence-corrected chi connectivity index (χ0v) is 6.17. The number of hydrogen-bond donors (Lipinski definition) is 0. The Bertz CT molecular complexity index is 201. The van der Waals surface area contributed by atoms with Crippen molar-refractivity contribution in [2.75, 3.05) is 0 Å². The van der Waals surface area contributed by atoms with Gasteiger partial charge in [0, 0.05) is 4.48 Å². The first-order valence-corrected chi connectivity index (χ1v) is 3.84. The quantitative estimate of drug-likeness (QED) is 0.527. The lowest BCUT2D eigenvalue weighted by Gasteiger charge is -1.93. The van der Waals surface area contributed by atoms with Gasteiger partial charge in [0.2, 0.25) is 0 Å². The minimum atomic E-state index is 0.341. The second-order valence-corrected chi connectivity index (χ2v) is 3.55. The van der Waals surface area contributed by atoms with Gasteiger partial charge in [-0.05, 0) is 6.08 Å². The van der Waals surface area contributed by atoms with Crippen LogP contribution in [-0.4, -0.2) is 24.4 Å². The van der Waals surface area contributed by atoms with Crippen molar-refractivity contribution in [1.82, 2.24) is 0 Å². The molecule has 0 aromatic rings. The van der Waals surface area contributed by atoms with Gasteiger partial charge in [0.05, 0.1) is 0 Å². The van der Waals surface area contributed by atoms with Crippen molar-refractivity contribution in [3.8, 4) is 0 Å². The summed E-state index contributed by atoms with van der Waals surface area (Å²) in [6, 6.07) is 0. The number of halogens is 1. The van der Waals surface area contributed by atoms with E-state index in [9.17, 15) is 0 Å². The fourth-order valence-corrected chi connectivity index (χ4v) is 2.01. The van der Waals surface area contributed by atoms with E-state index >= 15 is 0 Å². The molecule has 0 spiro atoms. The monoisotopic (exact) mass is 188 g/mol. The Morgan fingerprint density at radius 2 is 2.22 bits per heavy atom. The Balaban J connectivity index is 2.03. The van der Waals surface area contributed by atoms with Gasteiger partial charge < -0.3 is 9.47 Å². The van der Waals surface area contributed by atoms with Crippen LogP contribution in [0.3, 0.4) is 0 Å². The van der Waals surface area contributed by atoms with Crippen molar-refractivity contribution in [1.29, 1.82) is 0 Å². The molecule has 2 heterocycles. The molecule has 3 rings (SSSR count). The number of epoxide rings is 2. The van der Waals surface area contributed by atoms with Crippen LogP contribution in [0.15, 0.2) is 10.6 Å². The summed E-state index contributed by atoms with van der Waals surface area (Å²) in [5.41, 5.74) is 0. The molecule has 0 bridgehead atoms. The number of rotatable bonds is 0. The molecule has 9 heavy (non-hydrogen) atoms. The minimum Gasteiger partial charge on any atom is -0.362 e. The third-order valence-corrected chi connectivity index (χ3v) is 2.72. The maximum Gasteiger partial charge on any atom is 0.118 e. The van der Waals surface area contributed by atoms with E-state index in [4.69, 9.17) is 9.47 Å². The van der Waals surface area contributed by atoms with Crippen LogP contribution in [-0.2, 0) is 9.47 Å². The van der Waals surface area contributed by atoms with Gasteiger partial charge in [-0.1, -0.05) is 15.9 Å². The van der Waals surface area contributed by atoms with E-state index < -0.39 is 0 Å². The summed E-state index contributed by atoms with van der Waals surface area (Å²) in [6.07, 6.45) is 3.58. The van der Waals surface area contributed by atoms with Gasteiger partial charge in [-0.15, -0.1) is 0 Å². The lowest BCUT2D eigenvalue weighted by Crippen LogP contribution is -2.09. The van der Waals surface area contributed by atoms with Crippen molar-refractivity contribution in [3.63, 3.8) is 0 Å². The average molecular weight is 189 g/mol. The normalized spacial score (nSPS) is 59.4. The Hall–Kier alpha value is 0.140. The number of hydrogen-bond acceptors (Lipinski definition) is 2. The molecule has 0 saturated carbocycles. The third kappa shape index (κ3) is 0.527. The van der Waals surface area contributed by atoms with Crippen molar-refractivity contribution in [2.24, 2.45) is 0 Å². The van der Waals surface area contributed by atoms with Crippen molar-refractivity contribution in [3.05, 3.63) is 10.6 Å². The highest BCUT2D eigenvalue weighted by Gasteiger charge is 2.61. The fourth-order valence-electron chi connectivity index (χ4n) is 1.38. The first kappa shape index (κ1) is 4.88. The highest BCUT2D eigenvalue weighted by molar-refractivity contribution is 9.11. The van der Waals surface area contributed by atoms with Crippen molar-refractivity contribution in [2.45, 2.75) is 24.4 Å². The molecule has 1 aliphatic carbocycles. The van der Waals surface area contributed by atoms with Gasteiger partial charge in [0.25, 0.3) is 0 Å². The molecular formula is C6H5BrO2. The summed E-state index contributed by atoms with van der Waals surface area (Å²) in [6.45, 7) is 0. The molecule has 2 saturated heterocycles. The van der Waals surface area contributed by atoms with E-state index in [1.807, 2.05) is 0 Å². The van der Waals surface area contributed by atoms with Crippen LogP contribution in [0.4, 0.5) is 0 Å². The minimum absolute atomic E-state index is 0.341. The Kier molecular flexibility index (Phi) is 0.684. The molecule has 2 aliphatic heterocycles. The lowest BCUT2D eigenvalue weighted by molar-refractivity contribution is 0.313. The molecular weight excluding hydrogens is 184 g/mol. The topological polar surface area (TPSA) is 25.1 Å². The SMILES string of the molecule is BrC1=C[C@@H]2O[C@@H]2[C@@H]2O[C@H]12. The summed E-state index contributed by atoms with van der Waals surface area (Å²) < 4.78 is 11.7. The standard InChI is InChI=1S/C6H5BrO2/c7-2-1-3-5(8-3)6-4(2)9-6/h1,3-6H/t3-,4+,5-,6+/m0/s1. The molecule has 3 heteroatoms.